The fourth-order valence-corrected chi connectivity index (χ4v) is 2.85. The average Bonchev–Trinajstić information content (AvgIpc) is 2.90. The van der Waals surface area contributed by atoms with Gasteiger partial charge in [0.05, 0.1) is 17.3 Å². The fourth-order valence-electron chi connectivity index (χ4n) is 2.69. The second-order valence-electron chi connectivity index (χ2n) is 5.80. The number of likely N-dealkylation sites (N-methyl/N-ethyl adjacent to an activating group) is 2. The fraction of sp³-hybridized carbons (Fsp3) is 0.235. The molecule has 3 amide bonds. The van der Waals surface area contributed by atoms with E-state index in [-0.39, 0.29) is 16.6 Å². The molecule has 2 heterocycles. The molecular weight excluding hydrogens is 340 g/mol. The quantitative estimate of drug-likeness (QED) is 0.453. The van der Waals surface area contributed by atoms with Crippen LogP contribution in [0.4, 0.5) is 5.69 Å². The van der Waals surface area contributed by atoms with Gasteiger partial charge in [0.2, 0.25) is 0 Å². The highest BCUT2D eigenvalue weighted by atomic mass is 32.1. The number of amides is 3. The molecule has 2 aliphatic rings. The third-order valence-electron chi connectivity index (χ3n) is 4.16. The number of anilines is 1. The maximum absolute atomic E-state index is 12.7. The topological polar surface area (TPSA) is 73.3 Å². The number of carbonyl (C=O) groups excluding carboxylic acids is 3. The van der Waals surface area contributed by atoms with E-state index in [0.717, 1.165) is 0 Å². The molecule has 0 unspecified atom stereocenters. The predicted octanol–water partition coefficient (Wildman–Crippen LogP) is 1.17. The van der Waals surface area contributed by atoms with Gasteiger partial charge in [0.15, 0.2) is 5.11 Å². The Morgan fingerprint density at radius 3 is 2.16 bits per heavy atom. The Kier molecular flexibility index (Phi) is 4.22. The van der Waals surface area contributed by atoms with Crippen LogP contribution in [0, 0.1) is 5.92 Å². The normalized spacial score (nSPS) is 21.2. The molecule has 0 N–H and O–H groups in total. The molecule has 1 saturated heterocycles. The molecule has 0 radical (unpaired) electrons. The van der Waals surface area contributed by atoms with E-state index < -0.39 is 17.7 Å². The summed E-state index contributed by atoms with van der Waals surface area (Å²) in [7, 11) is 2.99. The van der Waals surface area contributed by atoms with Gasteiger partial charge >= 0.3 is 0 Å². The second kappa shape index (κ2) is 6.21. The van der Waals surface area contributed by atoms with Crippen molar-refractivity contribution in [1.29, 1.82) is 0 Å². The van der Waals surface area contributed by atoms with Gasteiger partial charge in [-0.1, -0.05) is 18.2 Å². The molecule has 1 aromatic carbocycles. The molecule has 1 atom stereocenters. The first-order chi connectivity index (χ1) is 11.8. The van der Waals surface area contributed by atoms with Gasteiger partial charge in [-0.25, -0.2) is 0 Å². The van der Waals surface area contributed by atoms with Crippen LogP contribution in [0.1, 0.15) is 6.92 Å². The summed E-state index contributed by atoms with van der Waals surface area (Å²) < 4.78 is 0. The molecule has 0 spiro atoms. The highest BCUT2D eigenvalue weighted by Gasteiger charge is 2.39. The molecule has 2 aliphatic heterocycles. The minimum absolute atomic E-state index is 0.0820. The van der Waals surface area contributed by atoms with Crippen LogP contribution in [0.2, 0.25) is 0 Å². The third kappa shape index (κ3) is 2.74. The standard InChI is InChI=1S/C17H16N4O3S/c1-10-12(16(24)21(18-10)11-7-5-4-6-8-11)9-13-14(22)19(2)17(25)20(3)15(13)23/h4-9,12H,1-3H3/t12-/m0/s1. The number of rotatable bonds is 2. The van der Waals surface area contributed by atoms with Gasteiger partial charge in [0.1, 0.15) is 5.57 Å². The summed E-state index contributed by atoms with van der Waals surface area (Å²) in [4.78, 5) is 39.9. The van der Waals surface area contributed by atoms with Crippen LogP contribution in [0.3, 0.4) is 0 Å². The molecule has 8 heteroatoms. The van der Waals surface area contributed by atoms with Crippen molar-refractivity contribution in [3.05, 3.63) is 42.0 Å². The van der Waals surface area contributed by atoms with Crippen LogP contribution in [0.5, 0.6) is 0 Å². The Balaban J connectivity index is 1.95. The van der Waals surface area contributed by atoms with Crippen molar-refractivity contribution in [2.75, 3.05) is 19.1 Å². The van der Waals surface area contributed by atoms with Crippen molar-refractivity contribution in [3.63, 3.8) is 0 Å². The molecule has 7 nitrogen and oxygen atoms in total. The number of benzene rings is 1. The Labute approximate surface area is 150 Å². The Morgan fingerprint density at radius 1 is 1.04 bits per heavy atom. The summed E-state index contributed by atoms with van der Waals surface area (Å²) in [6.45, 7) is 1.69. The van der Waals surface area contributed by atoms with E-state index in [1.165, 1.54) is 35.0 Å². The van der Waals surface area contributed by atoms with Crippen molar-refractivity contribution < 1.29 is 14.4 Å². The van der Waals surface area contributed by atoms with E-state index in [1.54, 1.807) is 31.2 Å². The first-order valence-corrected chi connectivity index (χ1v) is 7.99. The maximum Gasteiger partial charge on any atom is 0.265 e. The lowest BCUT2D eigenvalue weighted by molar-refractivity contribution is -0.132. The van der Waals surface area contributed by atoms with Gasteiger partial charge in [-0.2, -0.15) is 10.1 Å². The van der Waals surface area contributed by atoms with Crippen molar-refractivity contribution in [2.45, 2.75) is 6.92 Å². The zero-order chi connectivity index (χ0) is 18.3. The zero-order valence-electron chi connectivity index (χ0n) is 14.0. The van der Waals surface area contributed by atoms with Crippen LogP contribution >= 0.6 is 12.2 Å². The van der Waals surface area contributed by atoms with Gasteiger partial charge in [0, 0.05) is 14.1 Å². The number of hydrazone groups is 1. The van der Waals surface area contributed by atoms with Crippen LogP contribution in [0.25, 0.3) is 0 Å². The van der Waals surface area contributed by atoms with E-state index in [2.05, 4.69) is 5.10 Å². The summed E-state index contributed by atoms with van der Waals surface area (Å²) in [6.07, 6.45) is 1.38. The Morgan fingerprint density at radius 2 is 1.60 bits per heavy atom. The van der Waals surface area contributed by atoms with Crippen LogP contribution in [0.15, 0.2) is 47.1 Å². The Bertz CT molecular complexity index is 821. The SMILES string of the molecule is CC1=NN(c2ccccc2)C(=O)[C@H]1C=C1C(=O)N(C)C(=S)N(C)C1=O. The maximum atomic E-state index is 12.7. The van der Waals surface area contributed by atoms with Crippen LogP contribution in [-0.4, -0.2) is 52.4 Å². The summed E-state index contributed by atoms with van der Waals surface area (Å²) in [6, 6.07) is 8.98. The summed E-state index contributed by atoms with van der Waals surface area (Å²) >= 11 is 5.05. The van der Waals surface area contributed by atoms with Crippen molar-refractivity contribution >= 4 is 46.5 Å². The first-order valence-electron chi connectivity index (χ1n) is 7.59. The van der Waals surface area contributed by atoms with Gasteiger partial charge in [-0.3, -0.25) is 24.2 Å². The number of thiocarbonyl (C=S) groups is 1. The number of carbonyl (C=O) groups is 3. The number of para-hydroxylation sites is 1. The predicted molar refractivity (Wildman–Crippen MR) is 96.7 cm³/mol. The van der Waals surface area contributed by atoms with Crippen LogP contribution < -0.4 is 5.01 Å². The lowest BCUT2D eigenvalue weighted by Crippen LogP contribution is -2.53. The van der Waals surface area contributed by atoms with Crippen LogP contribution in [-0.2, 0) is 14.4 Å². The average molecular weight is 356 g/mol. The third-order valence-corrected chi connectivity index (χ3v) is 4.71. The number of hydrogen-bond donors (Lipinski definition) is 0. The zero-order valence-corrected chi connectivity index (χ0v) is 14.8. The molecule has 25 heavy (non-hydrogen) atoms. The highest BCUT2D eigenvalue weighted by molar-refractivity contribution is 7.80. The number of hydrogen-bond acceptors (Lipinski definition) is 5. The molecule has 1 aromatic rings. The minimum Gasteiger partial charge on any atom is -0.288 e. The molecule has 3 rings (SSSR count). The molecule has 0 aliphatic carbocycles. The largest absolute Gasteiger partial charge is 0.288 e. The van der Waals surface area contributed by atoms with Gasteiger partial charge in [-0.15, -0.1) is 0 Å². The number of nitrogens with zero attached hydrogens (tertiary/aromatic N) is 4. The molecule has 0 aromatic heterocycles. The van der Waals surface area contributed by atoms with Gasteiger partial charge in [-0.05, 0) is 37.4 Å². The smallest absolute Gasteiger partial charge is 0.265 e. The molecule has 1 fully saturated rings. The van der Waals surface area contributed by atoms with E-state index >= 15 is 0 Å². The van der Waals surface area contributed by atoms with E-state index in [4.69, 9.17) is 12.2 Å². The highest BCUT2D eigenvalue weighted by Crippen LogP contribution is 2.26. The van der Waals surface area contributed by atoms with Crippen molar-refractivity contribution in [3.8, 4) is 0 Å². The monoisotopic (exact) mass is 356 g/mol. The van der Waals surface area contributed by atoms with E-state index in [1.807, 2.05) is 6.07 Å². The lowest BCUT2D eigenvalue weighted by atomic mass is 9.98. The Hall–Kier alpha value is -2.87. The lowest BCUT2D eigenvalue weighted by Gasteiger charge is -2.32. The van der Waals surface area contributed by atoms with Gasteiger partial charge < -0.3 is 0 Å². The van der Waals surface area contributed by atoms with Gasteiger partial charge in [0.25, 0.3) is 17.7 Å². The molecule has 0 bridgehead atoms. The van der Waals surface area contributed by atoms with Crippen molar-refractivity contribution in [1.82, 2.24) is 9.80 Å². The van der Waals surface area contributed by atoms with E-state index in [9.17, 15) is 14.4 Å². The summed E-state index contributed by atoms with van der Waals surface area (Å²) in [5.41, 5.74) is 1.06. The van der Waals surface area contributed by atoms with Crippen molar-refractivity contribution in [2.24, 2.45) is 11.0 Å². The van der Waals surface area contributed by atoms with E-state index in [0.29, 0.717) is 11.4 Å². The summed E-state index contributed by atoms with van der Waals surface area (Å²) in [5, 5.41) is 5.68. The first kappa shape index (κ1) is 17.0. The second-order valence-corrected chi connectivity index (χ2v) is 6.16. The summed E-state index contributed by atoms with van der Waals surface area (Å²) in [5.74, 6) is -2.12. The minimum atomic E-state index is -0.767. The molecule has 0 saturated carbocycles. The molecular formula is C17H16N4O3S. The molecule has 128 valence electrons.